The van der Waals surface area contributed by atoms with Gasteiger partial charge in [0, 0.05) is 4.47 Å². The third kappa shape index (κ3) is 2.61. The van der Waals surface area contributed by atoms with Gasteiger partial charge in [0.2, 0.25) is 0 Å². The van der Waals surface area contributed by atoms with E-state index in [2.05, 4.69) is 40.2 Å². The van der Waals surface area contributed by atoms with E-state index in [1.54, 1.807) is 0 Å². The van der Waals surface area contributed by atoms with Gasteiger partial charge in [0.25, 0.3) is 0 Å². The number of fused-ring (bicyclic) bond motifs is 1. The molecule has 1 unspecified atom stereocenters. The van der Waals surface area contributed by atoms with Crippen molar-refractivity contribution in [1.82, 2.24) is 0 Å². The zero-order chi connectivity index (χ0) is 15.0. The number of rotatable bonds is 2. The van der Waals surface area contributed by atoms with Gasteiger partial charge >= 0.3 is 0 Å². The summed E-state index contributed by atoms with van der Waals surface area (Å²) in [6, 6.07) is 18.4. The van der Waals surface area contributed by atoms with Crippen molar-refractivity contribution >= 4 is 26.7 Å². The molecule has 0 aliphatic carbocycles. The van der Waals surface area contributed by atoms with Gasteiger partial charge in [-0.1, -0.05) is 64.5 Å². The largest absolute Gasteiger partial charge is 0.384 e. The first kappa shape index (κ1) is 14.3. The van der Waals surface area contributed by atoms with E-state index in [1.165, 1.54) is 5.56 Å². The fraction of sp³-hybridized carbons (Fsp3) is 0.158. The molecule has 0 fully saturated rings. The predicted octanol–water partition coefficient (Wildman–Crippen LogP) is 5.30. The summed E-state index contributed by atoms with van der Waals surface area (Å²) < 4.78 is 1.02. The lowest BCUT2D eigenvalue weighted by Gasteiger charge is -2.18. The molecule has 106 valence electrons. The summed E-state index contributed by atoms with van der Waals surface area (Å²) in [6.45, 7) is 4.09. The average molecular weight is 341 g/mol. The lowest BCUT2D eigenvalue weighted by Crippen LogP contribution is -2.03. The molecule has 0 spiro atoms. The zero-order valence-electron chi connectivity index (χ0n) is 12.1. The van der Waals surface area contributed by atoms with E-state index in [9.17, 15) is 5.11 Å². The Balaban J connectivity index is 2.19. The van der Waals surface area contributed by atoms with E-state index in [1.807, 2.05) is 44.2 Å². The number of aliphatic hydroxyl groups is 1. The van der Waals surface area contributed by atoms with Crippen LogP contribution in [0, 0.1) is 13.8 Å². The number of aliphatic hydroxyl groups excluding tert-OH is 1. The van der Waals surface area contributed by atoms with Crippen molar-refractivity contribution < 1.29 is 5.11 Å². The van der Waals surface area contributed by atoms with Crippen LogP contribution >= 0.6 is 15.9 Å². The van der Waals surface area contributed by atoms with Crippen LogP contribution in [0.5, 0.6) is 0 Å². The monoisotopic (exact) mass is 340 g/mol. The van der Waals surface area contributed by atoms with Crippen molar-refractivity contribution in [2.24, 2.45) is 0 Å². The summed E-state index contributed by atoms with van der Waals surface area (Å²) >= 11 is 3.54. The highest BCUT2D eigenvalue weighted by Crippen LogP contribution is 2.33. The number of hydrogen-bond donors (Lipinski definition) is 1. The van der Waals surface area contributed by atoms with E-state index in [4.69, 9.17) is 0 Å². The highest BCUT2D eigenvalue weighted by atomic mass is 79.9. The highest BCUT2D eigenvalue weighted by molar-refractivity contribution is 9.10. The first-order valence-electron chi connectivity index (χ1n) is 7.00. The highest BCUT2D eigenvalue weighted by Gasteiger charge is 2.16. The van der Waals surface area contributed by atoms with Gasteiger partial charge in [-0.3, -0.25) is 0 Å². The lowest BCUT2D eigenvalue weighted by atomic mass is 9.92. The second kappa shape index (κ2) is 5.63. The van der Waals surface area contributed by atoms with E-state index in [0.29, 0.717) is 0 Å². The average Bonchev–Trinajstić information content (AvgIpc) is 2.49. The Labute approximate surface area is 133 Å². The number of hydrogen-bond acceptors (Lipinski definition) is 1. The molecular formula is C19H17BrO. The van der Waals surface area contributed by atoms with Crippen molar-refractivity contribution in [3.63, 3.8) is 0 Å². The van der Waals surface area contributed by atoms with Crippen molar-refractivity contribution in [1.29, 1.82) is 0 Å². The Morgan fingerprint density at radius 1 is 0.905 bits per heavy atom. The Hall–Kier alpha value is -1.64. The van der Waals surface area contributed by atoms with E-state index >= 15 is 0 Å². The minimum absolute atomic E-state index is 0.618. The molecule has 0 heterocycles. The molecule has 0 bridgehead atoms. The second-order valence-electron chi connectivity index (χ2n) is 5.43. The minimum Gasteiger partial charge on any atom is -0.384 e. The van der Waals surface area contributed by atoms with Gasteiger partial charge in [0.1, 0.15) is 6.10 Å². The summed E-state index contributed by atoms with van der Waals surface area (Å²) in [5, 5.41) is 13.1. The Morgan fingerprint density at radius 2 is 1.62 bits per heavy atom. The Kier molecular flexibility index (Phi) is 3.83. The van der Waals surface area contributed by atoms with Crippen LogP contribution < -0.4 is 0 Å². The van der Waals surface area contributed by atoms with Gasteiger partial charge in [-0.2, -0.15) is 0 Å². The maximum absolute atomic E-state index is 10.9. The van der Waals surface area contributed by atoms with Crippen LogP contribution in [0.3, 0.4) is 0 Å². The van der Waals surface area contributed by atoms with E-state index < -0.39 is 6.10 Å². The molecule has 3 rings (SSSR count). The molecule has 0 radical (unpaired) electrons. The van der Waals surface area contributed by atoms with Gasteiger partial charge in [-0.25, -0.2) is 0 Å². The Morgan fingerprint density at radius 3 is 2.38 bits per heavy atom. The summed E-state index contributed by atoms with van der Waals surface area (Å²) in [5.41, 5.74) is 4.18. The smallest absolute Gasteiger partial charge is 0.105 e. The zero-order valence-corrected chi connectivity index (χ0v) is 13.7. The van der Waals surface area contributed by atoms with Crippen molar-refractivity contribution in [3.05, 3.63) is 81.3 Å². The van der Waals surface area contributed by atoms with Gasteiger partial charge in [-0.05, 0) is 52.9 Å². The molecule has 3 aromatic carbocycles. The summed E-state index contributed by atoms with van der Waals surface area (Å²) in [4.78, 5) is 0. The molecule has 0 aliphatic rings. The maximum Gasteiger partial charge on any atom is 0.105 e. The topological polar surface area (TPSA) is 20.2 Å². The third-order valence-electron chi connectivity index (χ3n) is 3.97. The summed E-state index contributed by atoms with van der Waals surface area (Å²) in [7, 11) is 0. The fourth-order valence-corrected chi connectivity index (χ4v) is 3.11. The quantitative estimate of drug-likeness (QED) is 0.670. The second-order valence-corrected chi connectivity index (χ2v) is 6.28. The first-order valence-corrected chi connectivity index (χ1v) is 7.79. The van der Waals surface area contributed by atoms with Crippen LogP contribution in [-0.4, -0.2) is 5.11 Å². The normalized spacial score (nSPS) is 12.6. The number of aryl methyl sites for hydroxylation is 2. The van der Waals surface area contributed by atoms with Crippen molar-refractivity contribution in [2.75, 3.05) is 0 Å². The number of benzene rings is 3. The maximum atomic E-state index is 10.9. The van der Waals surface area contributed by atoms with Crippen molar-refractivity contribution in [2.45, 2.75) is 20.0 Å². The van der Waals surface area contributed by atoms with Gasteiger partial charge < -0.3 is 5.11 Å². The molecule has 1 N–H and O–H groups in total. The van der Waals surface area contributed by atoms with Gasteiger partial charge in [-0.15, -0.1) is 0 Å². The molecular weight excluding hydrogens is 324 g/mol. The van der Waals surface area contributed by atoms with Gasteiger partial charge in [0.05, 0.1) is 0 Å². The first-order chi connectivity index (χ1) is 10.1. The lowest BCUT2D eigenvalue weighted by molar-refractivity contribution is 0.221. The van der Waals surface area contributed by atoms with E-state index in [-0.39, 0.29) is 0 Å². The molecule has 21 heavy (non-hydrogen) atoms. The van der Waals surface area contributed by atoms with Crippen molar-refractivity contribution in [3.8, 4) is 0 Å². The van der Waals surface area contributed by atoms with Crippen LogP contribution in [0.4, 0.5) is 0 Å². The standard InChI is InChI=1S/C19H17BrO/c1-12-7-10-15(11-17(12)20)19(21)18-13(2)8-9-14-5-3-4-6-16(14)18/h3-11,19,21H,1-2H3. The molecule has 1 atom stereocenters. The molecule has 1 nitrogen and oxygen atoms in total. The molecule has 0 saturated carbocycles. The van der Waals surface area contributed by atoms with E-state index in [0.717, 1.165) is 31.9 Å². The molecule has 2 heteroatoms. The fourth-order valence-electron chi connectivity index (χ4n) is 2.71. The van der Waals surface area contributed by atoms with Crippen LogP contribution in [0.2, 0.25) is 0 Å². The molecule has 0 saturated heterocycles. The van der Waals surface area contributed by atoms with Crippen LogP contribution in [0.25, 0.3) is 10.8 Å². The SMILES string of the molecule is Cc1ccc(C(O)c2c(C)ccc3ccccc23)cc1Br. The summed E-state index contributed by atoms with van der Waals surface area (Å²) in [5.74, 6) is 0. The predicted molar refractivity (Wildman–Crippen MR) is 91.6 cm³/mol. The minimum atomic E-state index is -0.618. The molecule has 3 aromatic rings. The third-order valence-corrected chi connectivity index (χ3v) is 4.83. The van der Waals surface area contributed by atoms with Crippen LogP contribution in [0.15, 0.2) is 59.1 Å². The molecule has 0 amide bonds. The number of halogens is 1. The van der Waals surface area contributed by atoms with Crippen LogP contribution in [0.1, 0.15) is 28.4 Å². The van der Waals surface area contributed by atoms with Crippen LogP contribution in [-0.2, 0) is 0 Å². The van der Waals surface area contributed by atoms with Gasteiger partial charge in [0.15, 0.2) is 0 Å². The molecule has 0 aromatic heterocycles. The summed E-state index contributed by atoms with van der Waals surface area (Å²) in [6.07, 6.45) is -0.618. The Bertz CT molecular complexity index is 808. The molecule has 0 aliphatic heterocycles.